The lowest BCUT2D eigenvalue weighted by Gasteiger charge is -2.13. The number of hydrogen-bond donors (Lipinski definition) is 1. The molecule has 0 fully saturated rings. The van der Waals surface area contributed by atoms with Crippen LogP contribution < -0.4 is 5.32 Å². The molecule has 1 aromatic heterocycles. The first kappa shape index (κ1) is 13.5. The van der Waals surface area contributed by atoms with Gasteiger partial charge in [-0.15, -0.1) is 0 Å². The number of hydrogen-bond acceptors (Lipinski definition) is 2. The van der Waals surface area contributed by atoms with Crippen LogP contribution in [0.25, 0.3) is 10.9 Å². The molecule has 0 radical (unpaired) electrons. The van der Waals surface area contributed by atoms with Gasteiger partial charge in [0.2, 0.25) is 0 Å². The van der Waals surface area contributed by atoms with Gasteiger partial charge in [0.05, 0.1) is 10.9 Å². The van der Waals surface area contributed by atoms with Crippen molar-refractivity contribution in [2.24, 2.45) is 0 Å². The molecule has 0 unspecified atom stereocenters. The van der Waals surface area contributed by atoms with Gasteiger partial charge in [0.25, 0.3) is 0 Å². The van der Waals surface area contributed by atoms with Crippen molar-refractivity contribution in [1.29, 1.82) is 0 Å². The molecule has 0 amide bonds. The number of alkyl halides is 3. The van der Waals surface area contributed by atoms with E-state index in [1.54, 1.807) is 6.92 Å². The lowest BCUT2D eigenvalue weighted by molar-refractivity contribution is -0.140. The summed E-state index contributed by atoms with van der Waals surface area (Å²) in [7, 11) is 0. The topological polar surface area (TPSA) is 24.9 Å². The Morgan fingerprint density at radius 1 is 1.16 bits per heavy atom. The molecule has 2 aromatic rings. The van der Waals surface area contributed by atoms with Crippen LogP contribution >= 0.6 is 0 Å². The van der Waals surface area contributed by atoms with Crippen molar-refractivity contribution in [3.05, 3.63) is 35.5 Å². The van der Waals surface area contributed by atoms with Crippen molar-refractivity contribution in [3.8, 4) is 0 Å². The van der Waals surface area contributed by atoms with E-state index in [2.05, 4.69) is 10.3 Å². The van der Waals surface area contributed by atoms with Gasteiger partial charge in [0, 0.05) is 24.4 Å². The lowest BCUT2D eigenvalue weighted by Crippen LogP contribution is -2.10. The molecule has 2 rings (SSSR count). The van der Waals surface area contributed by atoms with Gasteiger partial charge >= 0.3 is 6.18 Å². The number of pyridine rings is 1. The monoisotopic (exact) mass is 276 g/mol. The Balaban J connectivity index is 2.79. The summed E-state index contributed by atoms with van der Waals surface area (Å²) < 4.78 is 64.7. The molecule has 0 bridgehead atoms. The molecular weight excluding hydrogens is 267 g/mol. The van der Waals surface area contributed by atoms with E-state index in [1.807, 2.05) is 0 Å². The molecule has 0 aliphatic heterocycles. The molecule has 0 saturated heterocycles. The van der Waals surface area contributed by atoms with Crippen LogP contribution in [0.1, 0.15) is 12.6 Å². The number of fused-ring (bicyclic) bond motifs is 1. The summed E-state index contributed by atoms with van der Waals surface area (Å²) in [5, 5.41) is 2.46. The van der Waals surface area contributed by atoms with Crippen LogP contribution in [-0.4, -0.2) is 11.5 Å². The highest BCUT2D eigenvalue weighted by Gasteiger charge is 2.33. The Bertz CT molecular complexity index is 622. The lowest BCUT2D eigenvalue weighted by atomic mass is 10.1. The van der Waals surface area contributed by atoms with Crippen molar-refractivity contribution in [2.45, 2.75) is 13.1 Å². The van der Waals surface area contributed by atoms with Crippen molar-refractivity contribution in [3.63, 3.8) is 0 Å². The second-order valence-electron chi connectivity index (χ2n) is 3.86. The Hall–Kier alpha value is -1.92. The molecule has 1 heterocycles. The minimum absolute atomic E-state index is 0.0580. The highest BCUT2D eigenvalue weighted by molar-refractivity contribution is 5.92. The van der Waals surface area contributed by atoms with E-state index in [0.717, 1.165) is 6.07 Å². The normalized spacial score (nSPS) is 11.9. The van der Waals surface area contributed by atoms with Crippen LogP contribution in [0.3, 0.4) is 0 Å². The fourth-order valence-electron chi connectivity index (χ4n) is 1.76. The third kappa shape index (κ3) is 2.59. The molecule has 2 nitrogen and oxygen atoms in total. The van der Waals surface area contributed by atoms with Gasteiger partial charge in [0.1, 0.15) is 17.3 Å². The Kier molecular flexibility index (Phi) is 3.30. The van der Waals surface area contributed by atoms with Gasteiger partial charge in [0.15, 0.2) is 0 Å². The predicted octanol–water partition coefficient (Wildman–Crippen LogP) is 3.96. The van der Waals surface area contributed by atoms with E-state index in [1.165, 1.54) is 0 Å². The smallest absolute Gasteiger partial charge is 0.385 e. The highest BCUT2D eigenvalue weighted by Crippen LogP contribution is 2.34. The maximum Gasteiger partial charge on any atom is 0.433 e. The molecule has 0 aliphatic rings. The van der Waals surface area contributed by atoms with Gasteiger partial charge in [-0.25, -0.2) is 13.8 Å². The Labute approximate surface area is 105 Å². The SMILES string of the molecule is CCNc1cc(C(F)(F)F)nc2cc(F)cc(F)c12. The summed E-state index contributed by atoms with van der Waals surface area (Å²) in [5.74, 6) is -1.92. The largest absolute Gasteiger partial charge is 0.433 e. The van der Waals surface area contributed by atoms with Crippen LogP contribution in [0, 0.1) is 11.6 Å². The Morgan fingerprint density at radius 2 is 1.84 bits per heavy atom. The summed E-state index contributed by atoms with van der Waals surface area (Å²) >= 11 is 0. The van der Waals surface area contributed by atoms with Crippen LogP contribution in [0.4, 0.5) is 27.6 Å². The average molecular weight is 276 g/mol. The molecule has 19 heavy (non-hydrogen) atoms. The standard InChI is InChI=1S/C12H9F5N2/c1-2-18-8-5-10(12(15,16)17)19-9-4-6(13)3-7(14)11(8)9/h3-5H,2H2,1H3,(H,18,19). The maximum absolute atomic E-state index is 13.7. The number of nitrogens with zero attached hydrogens (tertiary/aromatic N) is 1. The van der Waals surface area contributed by atoms with E-state index in [9.17, 15) is 22.0 Å². The molecule has 1 N–H and O–H groups in total. The summed E-state index contributed by atoms with van der Waals surface area (Å²) in [6.45, 7) is 1.95. The van der Waals surface area contributed by atoms with Gasteiger partial charge < -0.3 is 5.32 Å². The highest BCUT2D eigenvalue weighted by atomic mass is 19.4. The fraction of sp³-hybridized carbons (Fsp3) is 0.250. The molecule has 0 saturated carbocycles. The van der Waals surface area contributed by atoms with Crippen molar-refractivity contribution >= 4 is 16.6 Å². The molecule has 102 valence electrons. The van der Waals surface area contributed by atoms with Gasteiger partial charge in [-0.3, -0.25) is 0 Å². The van der Waals surface area contributed by atoms with Crippen molar-refractivity contribution in [2.75, 3.05) is 11.9 Å². The summed E-state index contributed by atoms with van der Waals surface area (Å²) in [6.07, 6.45) is -4.68. The number of anilines is 1. The van der Waals surface area contributed by atoms with Crippen molar-refractivity contribution in [1.82, 2.24) is 4.98 Å². The number of rotatable bonds is 2. The van der Waals surface area contributed by atoms with E-state index in [-0.39, 0.29) is 16.6 Å². The molecule has 7 heteroatoms. The van der Waals surface area contributed by atoms with Gasteiger partial charge in [-0.05, 0) is 13.0 Å². The van der Waals surface area contributed by atoms with Crippen LogP contribution in [0.5, 0.6) is 0 Å². The van der Waals surface area contributed by atoms with E-state index < -0.39 is 23.5 Å². The first-order valence-corrected chi connectivity index (χ1v) is 5.43. The molecule has 1 aromatic carbocycles. The molecule has 0 spiro atoms. The van der Waals surface area contributed by atoms with Crippen molar-refractivity contribution < 1.29 is 22.0 Å². The fourth-order valence-corrected chi connectivity index (χ4v) is 1.76. The number of nitrogens with one attached hydrogen (secondary N) is 1. The number of benzene rings is 1. The average Bonchev–Trinajstić information content (AvgIpc) is 2.26. The second-order valence-corrected chi connectivity index (χ2v) is 3.86. The zero-order chi connectivity index (χ0) is 14.2. The molecule has 0 atom stereocenters. The van der Waals surface area contributed by atoms with Crippen LogP contribution in [0.2, 0.25) is 0 Å². The summed E-state index contributed by atoms with van der Waals surface area (Å²) in [5.41, 5.74) is -1.62. The summed E-state index contributed by atoms with van der Waals surface area (Å²) in [6, 6.07) is 2.10. The zero-order valence-electron chi connectivity index (χ0n) is 9.78. The summed E-state index contributed by atoms with van der Waals surface area (Å²) in [4.78, 5) is 3.27. The first-order valence-electron chi connectivity index (χ1n) is 5.43. The van der Waals surface area contributed by atoms with Gasteiger partial charge in [-0.2, -0.15) is 13.2 Å². The second kappa shape index (κ2) is 4.64. The van der Waals surface area contributed by atoms with E-state index >= 15 is 0 Å². The molecule has 0 aliphatic carbocycles. The first-order chi connectivity index (χ1) is 8.82. The minimum Gasteiger partial charge on any atom is -0.385 e. The third-order valence-electron chi connectivity index (χ3n) is 2.48. The van der Waals surface area contributed by atoms with Crippen LogP contribution in [0.15, 0.2) is 18.2 Å². The van der Waals surface area contributed by atoms with E-state index in [0.29, 0.717) is 18.7 Å². The molecular formula is C12H9F5N2. The third-order valence-corrected chi connectivity index (χ3v) is 2.48. The number of halogens is 5. The Morgan fingerprint density at radius 3 is 2.42 bits per heavy atom. The minimum atomic E-state index is -4.68. The number of aromatic nitrogens is 1. The van der Waals surface area contributed by atoms with Gasteiger partial charge in [-0.1, -0.05) is 0 Å². The quantitative estimate of drug-likeness (QED) is 0.840. The van der Waals surface area contributed by atoms with E-state index in [4.69, 9.17) is 0 Å². The zero-order valence-corrected chi connectivity index (χ0v) is 9.78. The maximum atomic E-state index is 13.7. The van der Waals surface area contributed by atoms with Crippen LogP contribution in [-0.2, 0) is 6.18 Å². The predicted molar refractivity (Wildman–Crippen MR) is 60.8 cm³/mol.